The molecule has 3 N–H and O–H groups in total. The van der Waals surface area contributed by atoms with E-state index in [0.717, 1.165) is 30.7 Å². The Balaban J connectivity index is 2.28. The number of nitrogens with zero attached hydrogens (tertiary/aromatic N) is 1. The first kappa shape index (κ1) is 15.6. The largest absolute Gasteiger partial charge is 0.350 e. The fourth-order valence-corrected chi connectivity index (χ4v) is 2.10. The summed E-state index contributed by atoms with van der Waals surface area (Å²) >= 11 is 0. The molecular formula is C15H25N3O. The maximum absolute atomic E-state index is 11.8. The Labute approximate surface area is 115 Å². The van der Waals surface area contributed by atoms with Crippen molar-refractivity contribution < 1.29 is 4.79 Å². The average Bonchev–Trinajstić information content (AvgIpc) is 2.41. The number of hydrogen-bond acceptors (Lipinski definition) is 3. The topological polar surface area (TPSA) is 68.0 Å². The lowest BCUT2D eigenvalue weighted by Crippen LogP contribution is -2.24. The zero-order valence-electron chi connectivity index (χ0n) is 12.0. The first-order chi connectivity index (χ1) is 9.15. The number of carbonyl (C=O) groups excluding carboxylic acids is 1. The summed E-state index contributed by atoms with van der Waals surface area (Å²) in [5.41, 5.74) is 7.43. The van der Waals surface area contributed by atoms with Crippen LogP contribution in [0.3, 0.4) is 0 Å². The number of rotatable bonds is 8. The van der Waals surface area contributed by atoms with Gasteiger partial charge in [0.25, 0.3) is 0 Å². The summed E-state index contributed by atoms with van der Waals surface area (Å²) in [5, 5.41) is 2.92. The molecule has 106 valence electrons. The molecule has 4 heteroatoms. The summed E-state index contributed by atoms with van der Waals surface area (Å²) in [5.74, 6) is 0.659. The van der Waals surface area contributed by atoms with Gasteiger partial charge in [-0.2, -0.15) is 0 Å². The first-order valence-electron chi connectivity index (χ1n) is 7.05. The van der Waals surface area contributed by atoms with Crippen LogP contribution < -0.4 is 11.1 Å². The second-order valence-electron chi connectivity index (χ2n) is 4.94. The number of amides is 1. The molecule has 0 aromatic carbocycles. The summed E-state index contributed by atoms with van der Waals surface area (Å²) in [6.45, 7) is 5.31. The molecule has 0 bridgehead atoms. The molecule has 0 aliphatic rings. The molecule has 1 heterocycles. The van der Waals surface area contributed by atoms with E-state index >= 15 is 0 Å². The van der Waals surface area contributed by atoms with Gasteiger partial charge >= 0.3 is 0 Å². The van der Waals surface area contributed by atoms with Crippen LogP contribution in [0.4, 0.5) is 0 Å². The number of pyridine rings is 1. The summed E-state index contributed by atoms with van der Waals surface area (Å²) in [6.07, 6.45) is 3.58. The van der Waals surface area contributed by atoms with E-state index in [4.69, 9.17) is 5.73 Å². The molecule has 4 nitrogen and oxygen atoms in total. The van der Waals surface area contributed by atoms with Gasteiger partial charge in [0.2, 0.25) is 5.91 Å². The first-order valence-corrected chi connectivity index (χ1v) is 7.05. The molecule has 19 heavy (non-hydrogen) atoms. The van der Waals surface area contributed by atoms with Crippen molar-refractivity contribution in [1.82, 2.24) is 10.3 Å². The molecule has 1 aromatic rings. The second kappa shape index (κ2) is 8.64. The highest BCUT2D eigenvalue weighted by atomic mass is 16.1. The zero-order chi connectivity index (χ0) is 14.1. The molecule has 0 aliphatic heterocycles. The van der Waals surface area contributed by atoms with Crippen molar-refractivity contribution >= 4 is 5.91 Å². The van der Waals surface area contributed by atoms with Crippen LogP contribution in [0.5, 0.6) is 0 Å². The molecule has 0 aliphatic carbocycles. The van der Waals surface area contributed by atoms with Gasteiger partial charge in [-0.15, -0.1) is 0 Å². The van der Waals surface area contributed by atoms with Crippen LogP contribution in [0, 0.1) is 12.8 Å². The molecule has 1 unspecified atom stereocenters. The van der Waals surface area contributed by atoms with Crippen LogP contribution in [-0.2, 0) is 11.3 Å². The van der Waals surface area contributed by atoms with Crippen molar-refractivity contribution in [3.63, 3.8) is 0 Å². The average molecular weight is 263 g/mol. The fourth-order valence-electron chi connectivity index (χ4n) is 2.10. The van der Waals surface area contributed by atoms with Gasteiger partial charge in [0.05, 0.1) is 12.2 Å². The number of carbonyl (C=O) groups is 1. The van der Waals surface area contributed by atoms with Crippen LogP contribution in [0.25, 0.3) is 0 Å². The third-order valence-corrected chi connectivity index (χ3v) is 3.34. The van der Waals surface area contributed by atoms with Gasteiger partial charge in [-0.3, -0.25) is 9.78 Å². The third-order valence-electron chi connectivity index (χ3n) is 3.34. The fraction of sp³-hybridized carbons (Fsp3) is 0.600. The Bertz CT molecular complexity index is 393. The normalized spacial score (nSPS) is 12.2. The minimum absolute atomic E-state index is 0.0961. The van der Waals surface area contributed by atoms with E-state index in [1.807, 2.05) is 25.1 Å². The number of nitrogens with one attached hydrogen (secondary N) is 1. The predicted molar refractivity (Wildman–Crippen MR) is 77.5 cm³/mol. The lowest BCUT2D eigenvalue weighted by atomic mass is 9.96. The third kappa shape index (κ3) is 6.34. The van der Waals surface area contributed by atoms with Crippen molar-refractivity contribution in [1.29, 1.82) is 0 Å². The molecule has 0 radical (unpaired) electrons. The van der Waals surface area contributed by atoms with Gasteiger partial charge in [0, 0.05) is 12.1 Å². The molecule has 1 atom stereocenters. The molecule has 0 fully saturated rings. The lowest BCUT2D eigenvalue weighted by molar-refractivity contribution is -0.121. The highest BCUT2D eigenvalue weighted by Crippen LogP contribution is 2.14. The summed E-state index contributed by atoms with van der Waals surface area (Å²) in [6, 6.07) is 5.83. The van der Waals surface area contributed by atoms with E-state index in [-0.39, 0.29) is 5.91 Å². The number of aromatic nitrogens is 1. The zero-order valence-corrected chi connectivity index (χ0v) is 12.0. The van der Waals surface area contributed by atoms with Gasteiger partial charge in [-0.1, -0.05) is 19.4 Å². The minimum Gasteiger partial charge on any atom is -0.350 e. The summed E-state index contributed by atoms with van der Waals surface area (Å²) < 4.78 is 0. The van der Waals surface area contributed by atoms with Gasteiger partial charge in [0.1, 0.15) is 0 Å². The Hall–Kier alpha value is -1.42. The SMILES string of the molecule is CCC(CCN)CCC(=O)NCc1cccc(C)n1. The van der Waals surface area contributed by atoms with E-state index in [2.05, 4.69) is 17.2 Å². The van der Waals surface area contributed by atoms with Crippen molar-refractivity contribution in [3.05, 3.63) is 29.6 Å². The van der Waals surface area contributed by atoms with Crippen LogP contribution in [0.15, 0.2) is 18.2 Å². The molecular weight excluding hydrogens is 238 g/mol. The van der Waals surface area contributed by atoms with Gasteiger partial charge in [-0.25, -0.2) is 0 Å². The van der Waals surface area contributed by atoms with E-state index in [1.165, 1.54) is 0 Å². The Morgan fingerprint density at radius 1 is 1.42 bits per heavy atom. The van der Waals surface area contributed by atoms with Crippen molar-refractivity contribution in [2.45, 2.75) is 46.1 Å². The quantitative estimate of drug-likeness (QED) is 0.755. The molecule has 1 aromatic heterocycles. The number of hydrogen-bond donors (Lipinski definition) is 2. The summed E-state index contributed by atoms with van der Waals surface area (Å²) in [4.78, 5) is 16.1. The highest BCUT2D eigenvalue weighted by molar-refractivity contribution is 5.75. The molecule has 1 rings (SSSR count). The molecule has 1 amide bonds. The van der Waals surface area contributed by atoms with Crippen LogP contribution >= 0.6 is 0 Å². The standard InChI is InChI=1S/C15H25N3O/c1-3-13(9-10-16)7-8-15(19)17-11-14-6-4-5-12(2)18-14/h4-6,13H,3,7-11,16H2,1-2H3,(H,17,19). The molecule has 0 spiro atoms. The van der Waals surface area contributed by atoms with Crippen molar-refractivity contribution in [2.75, 3.05) is 6.54 Å². The smallest absolute Gasteiger partial charge is 0.220 e. The van der Waals surface area contributed by atoms with E-state index in [1.54, 1.807) is 0 Å². The minimum atomic E-state index is 0.0961. The maximum atomic E-state index is 11.8. The molecule has 0 saturated heterocycles. The number of nitrogens with two attached hydrogens (primary N) is 1. The summed E-state index contributed by atoms with van der Waals surface area (Å²) in [7, 11) is 0. The predicted octanol–water partition coefficient (Wildman–Crippen LogP) is 2.16. The van der Waals surface area contributed by atoms with Crippen LogP contribution in [-0.4, -0.2) is 17.4 Å². The van der Waals surface area contributed by atoms with E-state index < -0.39 is 0 Å². The van der Waals surface area contributed by atoms with Crippen molar-refractivity contribution in [3.8, 4) is 0 Å². The van der Waals surface area contributed by atoms with Crippen molar-refractivity contribution in [2.24, 2.45) is 11.7 Å². The van der Waals surface area contributed by atoms with Crippen LogP contribution in [0.1, 0.15) is 44.0 Å². The monoisotopic (exact) mass is 263 g/mol. The van der Waals surface area contributed by atoms with Crippen LogP contribution in [0.2, 0.25) is 0 Å². The Morgan fingerprint density at radius 3 is 2.84 bits per heavy atom. The van der Waals surface area contributed by atoms with Gasteiger partial charge < -0.3 is 11.1 Å². The Morgan fingerprint density at radius 2 is 2.21 bits per heavy atom. The van der Waals surface area contributed by atoms with Gasteiger partial charge in [-0.05, 0) is 44.4 Å². The molecule has 0 saturated carbocycles. The van der Waals surface area contributed by atoms with E-state index in [9.17, 15) is 4.79 Å². The lowest BCUT2D eigenvalue weighted by Gasteiger charge is -2.13. The maximum Gasteiger partial charge on any atom is 0.220 e. The second-order valence-corrected chi connectivity index (χ2v) is 4.94. The highest BCUT2D eigenvalue weighted by Gasteiger charge is 2.09. The Kier molecular flexibility index (Phi) is 7.11. The number of aryl methyl sites for hydroxylation is 1. The van der Waals surface area contributed by atoms with E-state index in [0.29, 0.717) is 25.4 Å². The van der Waals surface area contributed by atoms with Gasteiger partial charge in [0.15, 0.2) is 0 Å².